The smallest absolute Gasteiger partial charge is 0.332 e. The SMILES string of the molecule is CC1(C)Cc2c(sc3c2c(=O)n(CCCO)c(=O)n3CC(=O)NC2CCCCC2)CO1. The average Bonchev–Trinajstić information content (AvgIpc) is 3.09. The van der Waals surface area contributed by atoms with Gasteiger partial charge in [0.15, 0.2) is 0 Å². The molecule has 0 unspecified atom stereocenters. The maximum atomic E-state index is 13.3. The van der Waals surface area contributed by atoms with Gasteiger partial charge < -0.3 is 15.2 Å². The molecule has 2 N–H and O–H groups in total. The molecule has 1 saturated carbocycles. The molecule has 0 saturated heterocycles. The Bertz CT molecular complexity index is 1090. The third kappa shape index (κ3) is 4.49. The van der Waals surface area contributed by atoms with E-state index in [0.29, 0.717) is 29.7 Å². The number of fused-ring (bicyclic) bond motifs is 3. The third-order valence-corrected chi connectivity index (χ3v) is 7.47. The first-order valence-corrected chi connectivity index (χ1v) is 11.9. The van der Waals surface area contributed by atoms with Gasteiger partial charge >= 0.3 is 5.69 Å². The van der Waals surface area contributed by atoms with E-state index in [2.05, 4.69) is 5.32 Å². The van der Waals surface area contributed by atoms with Crippen LogP contribution in [-0.2, 0) is 35.6 Å². The predicted molar refractivity (Wildman–Crippen MR) is 120 cm³/mol. The van der Waals surface area contributed by atoms with Crippen molar-refractivity contribution in [2.24, 2.45) is 0 Å². The summed E-state index contributed by atoms with van der Waals surface area (Å²) >= 11 is 1.37. The van der Waals surface area contributed by atoms with Crippen molar-refractivity contribution >= 4 is 27.5 Å². The third-order valence-electron chi connectivity index (χ3n) is 6.25. The molecule has 0 aromatic carbocycles. The summed E-state index contributed by atoms with van der Waals surface area (Å²) in [7, 11) is 0. The van der Waals surface area contributed by atoms with Gasteiger partial charge in [0.1, 0.15) is 11.4 Å². The maximum Gasteiger partial charge on any atom is 0.332 e. The highest BCUT2D eigenvalue weighted by atomic mass is 32.1. The van der Waals surface area contributed by atoms with Gasteiger partial charge in [0.2, 0.25) is 5.91 Å². The lowest BCUT2D eigenvalue weighted by Crippen LogP contribution is -2.44. The topological polar surface area (TPSA) is 103 Å². The minimum absolute atomic E-state index is 0.116. The molecular weight excluding hydrogens is 418 g/mol. The molecule has 0 bridgehead atoms. The van der Waals surface area contributed by atoms with Crippen LogP contribution in [0.25, 0.3) is 10.2 Å². The first kappa shape index (κ1) is 22.2. The van der Waals surface area contributed by atoms with Crippen LogP contribution in [0.2, 0.25) is 0 Å². The average molecular weight is 450 g/mol. The molecule has 0 radical (unpaired) electrons. The second kappa shape index (κ2) is 8.88. The van der Waals surface area contributed by atoms with Crippen LogP contribution >= 0.6 is 11.3 Å². The Balaban J connectivity index is 1.77. The zero-order valence-corrected chi connectivity index (χ0v) is 19.1. The van der Waals surface area contributed by atoms with Crippen molar-refractivity contribution < 1.29 is 14.6 Å². The molecule has 31 heavy (non-hydrogen) atoms. The van der Waals surface area contributed by atoms with Crippen LogP contribution in [0, 0.1) is 0 Å². The van der Waals surface area contributed by atoms with Gasteiger partial charge in [0, 0.05) is 30.5 Å². The molecule has 2 aromatic rings. The number of aromatic nitrogens is 2. The highest BCUT2D eigenvalue weighted by molar-refractivity contribution is 7.18. The molecule has 3 heterocycles. The van der Waals surface area contributed by atoms with Crippen LogP contribution in [0.15, 0.2) is 9.59 Å². The number of aliphatic hydroxyl groups is 1. The molecule has 2 aliphatic rings. The number of thiophene rings is 1. The molecule has 0 atom stereocenters. The van der Waals surface area contributed by atoms with E-state index < -0.39 is 11.3 Å². The molecule has 170 valence electrons. The molecule has 1 fully saturated rings. The van der Waals surface area contributed by atoms with Crippen LogP contribution in [0.3, 0.4) is 0 Å². The minimum Gasteiger partial charge on any atom is -0.396 e. The normalized spacial score (nSPS) is 18.8. The van der Waals surface area contributed by atoms with Crippen molar-refractivity contribution in [1.29, 1.82) is 0 Å². The summed E-state index contributed by atoms with van der Waals surface area (Å²) in [4.78, 5) is 40.8. The molecule has 9 heteroatoms. The standard InChI is InChI=1S/C22H31N3O5S/c1-22(2)11-15-16(13-30-22)31-20-18(15)19(28)24(9-6-10-26)21(29)25(20)12-17(27)23-14-7-4-3-5-8-14/h14,26H,3-13H2,1-2H3,(H,23,27). The number of amides is 1. The Kier molecular flexibility index (Phi) is 6.37. The van der Waals surface area contributed by atoms with Crippen LogP contribution in [0.1, 0.15) is 62.8 Å². The van der Waals surface area contributed by atoms with E-state index in [4.69, 9.17) is 4.74 Å². The summed E-state index contributed by atoms with van der Waals surface area (Å²) in [5, 5.41) is 12.8. The number of carbonyl (C=O) groups is 1. The van der Waals surface area contributed by atoms with Gasteiger partial charge in [-0.3, -0.25) is 18.7 Å². The summed E-state index contributed by atoms with van der Waals surface area (Å²) in [5.41, 5.74) is -0.320. The van der Waals surface area contributed by atoms with Crippen LogP contribution in [0.4, 0.5) is 0 Å². The number of aliphatic hydroxyl groups excluding tert-OH is 1. The van der Waals surface area contributed by atoms with E-state index >= 15 is 0 Å². The number of carbonyl (C=O) groups excluding carboxylic acids is 1. The monoisotopic (exact) mass is 449 g/mol. The number of hydrogen-bond donors (Lipinski definition) is 2. The Morgan fingerprint density at radius 3 is 2.68 bits per heavy atom. The second-order valence-electron chi connectivity index (χ2n) is 9.21. The van der Waals surface area contributed by atoms with Crippen molar-refractivity contribution in [3.05, 3.63) is 31.3 Å². The number of nitrogens with zero attached hydrogens (tertiary/aromatic N) is 2. The summed E-state index contributed by atoms with van der Waals surface area (Å²) in [6.45, 7) is 4.25. The Morgan fingerprint density at radius 2 is 1.97 bits per heavy atom. The Hall–Kier alpha value is -1.97. The lowest BCUT2D eigenvalue weighted by atomic mass is 9.94. The molecular formula is C22H31N3O5S. The quantitative estimate of drug-likeness (QED) is 0.701. The second-order valence-corrected chi connectivity index (χ2v) is 10.3. The van der Waals surface area contributed by atoms with Gasteiger partial charge in [-0.05, 0) is 38.7 Å². The summed E-state index contributed by atoms with van der Waals surface area (Å²) < 4.78 is 8.51. The highest BCUT2D eigenvalue weighted by Gasteiger charge is 2.32. The fourth-order valence-corrected chi connectivity index (χ4v) is 5.85. The van der Waals surface area contributed by atoms with E-state index in [0.717, 1.165) is 36.1 Å². The molecule has 1 amide bonds. The zero-order valence-electron chi connectivity index (χ0n) is 18.2. The van der Waals surface area contributed by atoms with Gasteiger partial charge in [-0.1, -0.05) is 19.3 Å². The van der Waals surface area contributed by atoms with E-state index in [-0.39, 0.29) is 37.2 Å². The van der Waals surface area contributed by atoms with Crippen molar-refractivity contribution in [3.63, 3.8) is 0 Å². The Labute approximate surface area is 184 Å². The van der Waals surface area contributed by atoms with Crippen LogP contribution < -0.4 is 16.6 Å². The first-order valence-electron chi connectivity index (χ1n) is 11.1. The first-order chi connectivity index (χ1) is 14.8. The minimum atomic E-state index is -0.497. The predicted octanol–water partition coefficient (Wildman–Crippen LogP) is 1.91. The highest BCUT2D eigenvalue weighted by Crippen LogP contribution is 2.37. The Morgan fingerprint density at radius 1 is 1.23 bits per heavy atom. The largest absolute Gasteiger partial charge is 0.396 e. The van der Waals surface area contributed by atoms with Gasteiger partial charge in [-0.15, -0.1) is 11.3 Å². The van der Waals surface area contributed by atoms with Crippen molar-refractivity contribution in [3.8, 4) is 0 Å². The molecule has 1 aliphatic heterocycles. The fraction of sp³-hybridized carbons (Fsp3) is 0.682. The summed E-state index contributed by atoms with van der Waals surface area (Å²) in [6, 6.07) is 0.151. The lowest BCUT2D eigenvalue weighted by Gasteiger charge is -2.29. The van der Waals surface area contributed by atoms with Crippen LogP contribution in [-0.4, -0.2) is 38.4 Å². The van der Waals surface area contributed by atoms with E-state index in [1.54, 1.807) is 0 Å². The van der Waals surface area contributed by atoms with Gasteiger partial charge in [0.25, 0.3) is 5.56 Å². The number of rotatable bonds is 6. The summed E-state index contributed by atoms with van der Waals surface area (Å²) in [6.07, 6.45) is 6.21. The van der Waals surface area contributed by atoms with Gasteiger partial charge in [-0.25, -0.2) is 4.79 Å². The van der Waals surface area contributed by atoms with Gasteiger partial charge in [-0.2, -0.15) is 0 Å². The van der Waals surface area contributed by atoms with Crippen molar-refractivity contribution in [2.45, 2.75) is 90.1 Å². The number of hydrogen-bond acceptors (Lipinski definition) is 6. The summed E-state index contributed by atoms with van der Waals surface area (Å²) in [5.74, 6) is -0.203. The van der Waals surface area contributed by atoms with Gasteiger partial charge in [0.05, 0.1) is 17.6 Å². The number of nitrogens with one attached hydrogen (secondary N) is 1. The van der Waals surface area contributed by atoms with Crippen molar-refractivity contribution in [2.75, 3.05) is 6.61 Å². The van der Waals surface area contributed by atoms with Crippen LogP contribution in [0.5, 0.6) is 0 Å². The van der Waals surface area contributed by atoms with E-state index in [1.807, 2.05) is 13.8 Å². The maximum absolute atomic E-state index is 13.3. The molecule has 1 aliphatic carbocycles. The molecule has 0 spiro atoms. The van der Waals surface area contributed by atoms with E-state index in [9.17, 15) is 19.5 Å². The molecule has 4 rings (SSSR count). The molecule has 8 nitrogen and oxygen atoms in total. The lowest BCUT2D eigenvalue weighted by molar-refractivity contribution is -0.122. The van der Waals surface area contributed by atoms with Crippen molar-refractivity contribution in [1.82, 2.24) is 14.5 Å². The number of ether oxygens (including phenoxy) is 1. The zero-order chi connectivity index (χ0) is 22.2. The van der Waals surface area contributed by atoms with E-state index in [1.165, 1.54) is 26.9 Å². The molecule has 2 aromatic heterocycles. The fourth-order valence-electron chi connectivity index (χ4n) is 4.63.